The summed E-state index contributed by atoms with van der Waals surface area (Å²) in [6.07, 6.45) is 0. The molecule has 2 rings (SSSR count). The van der Waals surface area contributed by atoms with Crippen molar-refractivity contribution in [3.8, 4) is 11.8 Å². The van der Waals surface area contributed by atoms with Crippen LogP contribution < -0.4 is 11.1 Å². The summed E-state index contributed by atoms with van der Waals surface area (Å²) >= 11 is 4.86. The van der Waals surface area contributed by atoms with Gasteiger partial charge in [-0.2, -0.15) is 0 Å². The molecule has 0 aliphatic heterocycles. The number of nitrogens with two attached hydrogens (primary N) is 1. The Morgan fingerprint density at radius 3 is 2.86 bits per heavy atom. The van der Waals surface area contributed by atoms with Crippen LogP contribution in [0.25, 0.3) is 0 Å². The zero-order valence-corrected chi connectivity index (χ0v) is 13.4. The molecule has 1 heterocycles. The van der Waals surface area contributed by atoms with Crippen LogP contribution in [0, 0.1) is 17.7 Å². The molecule has 2 aromatic rings. The summed E-state index contributed by atoms with van der Waals surface area (Å²) in [6, 6.07) is 6.17. The first kappa shape index (κ1) is 15.7. The van der Waals surface area contributed by atoms with Crippen molar-refractivity contribution in [3.05, 3.63) is 55.9 Å². The third-order valence-corrected chi connectivity index (χ3v) is 4.29. The van der Waals surface area contributed by atoms with Crippen molar-refractivity contribution in [1.82, 2.24) is 5.32 Å². The average molecular weight is 367 g/mol. The molecule has 0 spiro atoms. The smallest absolute Gasteiger partial charge is 0.254 e. The molecule has 0 saturated heterocycles. The lowest BCUT2D eigenvalue weighted by Crippen LogP contribution is -2.23. The van der Waals surface area contributed by atoms with Crippen molar-refractivity contribution in [2.24, 2.45) is 5.73 Å². The highest BCUT2D eigenvalue weighted by Gasteiger charge is 2.12. The predicted octanol–water partition coefficient (Wildman–Crippen LogP) is 2.89. The molecule has 0 radical (unpaired) electrons. The maximum Gasteiger partial charge on any atom is 0.254 e. The van der Waals surface area contributed by atoms with Gasteiger partial charge < -0.3 is 11.1 Å². The summed E-state index contributed by atoms with van der Waals surface area (Å²) in [5.74, 6) is 4.32. The number of carbonyl (C=O) groups excluding carboxylic acids is 1. The van der Waals surface area contributed by atoms with E-state index in [1.807, 2.05) is 11.4 Å². The molecule has 0 fully saturated rings. The molecule has 0 aliphatic carbocycles. The average Bonchev–Trinajstić information content (AvgIpc) is 2.88. The molecule has 3 N–H and O–H groups in total. The zero-order chi connectivity index (χ0) is 15.2. The van der Waals surface area contributed by atoms with Crippen molar-refractivity contribution in [2.75, 3.05) is 6.54 Å². The first-order chi connectivity index (χ1) is 10.1. The van der Waals surface area contributed by atoms with E-state index in [-0.39, 0.29) is 12.1 Å². The maximum absolute atomic E-state index is 13.9. The van der Waals surface area contributed by atoms with Crippen molar-refractivity contribution < 1.29 is 9.18 Å². The van der Waals surface area contributed by atoms with Crippen LogP contribution in [0.15, 0.2) is 34.1 Å². The highest BCUT2D eigenvalue weighted by Crippen LogP contribution is 2.19. The molecule has 1 aromatic carbocycles. The number of hydrogen-bond donors (Lipinski definition) is 2. The summed E-state index contributed by atoms with van der Waals surface area (Å²) in [7, 11) is 0. The van der Waals surface area contributed by atoms with Crippen molar-refractivity contribution in [3.63, 3.8) is 0 Å². The van der Waals surface area contributed by atoms with E-state index in [4.69, 9.17) is 5.73 Å². The van der Waals surface area contributed by atoms with Crippen LogP contribution in [0.5, 0.6) is 0 Å². The van der Waals surface area contributed by atoms with Crippen LogP contribution in [0.2, 0.25) is 0 Å². The van der Waals surface area contributed by atoms with Gasteiger partial charge in [0.05, 0.1) is 18.7 Å². The van der Waals surface area contributed by atoms with Crippen molar-refractivity contribution in [1.29, 1.82) is 0 Å². The van der Waals surface area contributed by atoms with Crippen LogP contribution in [-0.4, -0.2) is 12.5 Å². The van der Waals surface area contributed by atoms with Gasteiger partial charge in [-0.1, -0.05) is 11.8 Å². The monoisotopic (exact) mass is 366 g/mol. The first-order valence-corrected chi connectivity index (χ1v) is 7.77. The highest BCUT2D eigenvalue weighted by molar-refractivity contribution is 9.10. The largest absolute Gasteiger partial charge is 0.347 e. The van der Waals surface area contributed by atoms with Gasteiger partial charge in [0, 0.05) is 20.3 Å². The summed E-state index contributed by atoms with van der Waals surface area (Å²) in [5.41, 5.74) is 5.76. The fraction of sp³-hybridized carbons (Fsp3) is 0.133. The van der Waals surface area contributed by atoms with Gasteiger partial charge in [-0.05, 0) is 40.2 Å². The first-order valence-electron chi connectivity index (χ1n) is 6.09. The predicted molar refractivity (Wildman–Crippen MR) is 85.5 cm³/mol. The molecule has 21 heavy (non-hydrogen) atoms. The minimum Gasteiger partial charge on any atom is -0.347 e. The van der Waals surface area contributed by atoms with Gasteiger partial charge in [0.1, 0.15) is 5.82 Å². The summed E-state index contributed by atoms with van der Waals surface area (Å²) < 4.78 is 14.9. The summed E-state index contributed by atoms with van der Waals surface area (Å²) in [6.45, 7) is 0.573. The van der Waals surface area contributed by atoms with Crippen LogP contribution >= 0.6 is 27.3 Å². The second kappa shape index (κ2) is 7.36. The number of halogens is 2. The van der Waals surface area contributed by atoms with Gasteiger partial charge in [-0.15, -0.1) is 11.3 Å². The van der Waals surface area contributed by atoms with E-state index in [9.17, 15) is 9.18 Å². The topological polar surface area (TPSA) is 55.1 Å². The van der Waals surface area contributed by atoms with Crippen LogP contribution in [0.1, 0.15) is 20.8 Å². The van der Waals surface area contributed by atoms with E-state index in [1.165, 1.54) is 23.5 Å². The number of rotatable bonds is 3. The second-order valence-electron chi connectivity index (χ2n) is 4.11. The van der Waals surface area contributed by atoms with Gasteiger partial charge >= 0.3 is 0 Å². The fourth-order valence-corrected chi connectivity index (χ4v) is 3.03. The number of carbonyl (C=O) groups is 1. The fourth-order valence-electron chi connectivity index (χ4n) is 1.64. The standard InChI is InChI=1S/C15H12BrFN2OS/c16-11-7-12(21-9-11)8-19-15(20)13-4-3-10(2-1-5-18)6-14(13)17/h3-4,6-7,9H,5,8,18H2,(H,19,20). The van der Waals surface area contributed by atoms with E-state index in [0.717, 1.165) is 9.35 Å². The molecule has 0 bridgehead atoms. The van der Waals surface area contributed by atoms with E-state index < -0.39 is 11.7 Å². The molecule has 3 nitrogen and oxygen atoms in total. The Balaban J connectivity index is 2.05. The molecule has 108 valence electrons. The Kier molecular flexibility index (Phi) is 5.51. The molecule has 6 heteroatoms. The Bertz CT molecular complexity index is 718. The van der Waals surface area contributed by atoms with Gasteiger partial charge in [-0.25, -0.2) is 4.39 Å². The minimum atomic E-state index is -0.594. The lowest BCUT2D eigenvalue weighted by molar-refractivity contribution is 0.0947. The molecular formula is C15H12BrFN2OS. The van der Waals surface area contributed by atoms with Crippen LogP contribution in [-0.2, 0) is 6.54 Å². The van der Waals surface area contributed by atoms with E-state index >= 15 is 0 Å². The molecule has 0 saturated carbocycles. The Labute approximate surface area is 134 Å². The maximum atomic E-state index is 13.9. The van der Waals surface area contributed by atoms with Crippen molar-refractivity contribution >= 4 is 33.2 Å². The highest BCUT2D eigenvalue weighted by atomic mass is 79.9. The summed E-state index contributed by atoms with van der Waals surface area (Å²) in [5, 5.41) is 4.61. The zero-order valence-electron chi connectivity index (χ0n) is 11.0. The third kappa shape index (κ3) is 4.39. The van der Waals surface area contributed by atoms with E-state index in [2.05, 4.69) is 33.1 Å². The normalized spacial score (nSPS) is 9.86. The number of amides is 1. The Hall–Kier alpha value is -1.68. The number of thiophene rings is 1. The lowest BCUT2D eigenvalue weighted by atomic mass is 10.1. The van der Waals surface area contributed by atoms with Crippen LogP contribution in [0.4, 0.5) is 4.39 Å². The molecule has 1 aromatic heterocycles. The van der Waals surface area contributed by atoms with Gasteiger partial charge in [0.2, 0.25) is 0 Å². The lowest BCUT2D eigenvalue weighted by Gasteiger charge is -2.05. The minimum absolute atomic E-state index is 0.00363. The third-order valence-electron chi connectivity index (χ3n) is 2.59. The number of benzene rings is 1. The molecule has 0 atom stereocenters. The summed E-state index contributed by atoms with van der Waals surface area (Å²) in [4.78, 5) is 12.9. The van der Waals surface area contributed by atoms with E-state index in [1.54, 1.807) is 6.07 Å². The second-order valence-corrected chi connectivity index (χ2v) is 6.03. The number of nitrogens with one attached hydrogen (secondary N) is 1. The van der Waals surface area contributed by atoms with Gasteiger partial charge in [0.25, 0.3) is 5.91 Å². The van der Waals surface area contributed by atoms with Crippen LogP contribution in [0.3, 0.4) is 0 Å². The molecule has 1 amide bonds. The van der Waals surface area contributed by atoms with Crippen molar-refractivity contribution in [2.45, 2.75) is 6.54 Å². The molecule has 0 aliphatic rings. The van der Waals surface area contributed by atoms with Gasteiger partial charge in [-0.3, -0.25) is 4.79 Å². The Morgan fingerprint density at radius 2 is 2.24 bits per heavy atom. The Morgan fingerprint density at radius 1 is 1.43 bits per heavy atom. The quantitative estimate of drug-likeness (QED) is 0.820. The molecular weight excluding hydrogens is 355 g/mol. The van der Waals surface area contributed by atoms with Gasteiger partial charge in [0.15, 0.2) is 0 Å². The number of hydrogen-bond acceptors (Lipinski definition) is 3. The SMILES string of the molecule is NCC#Cc1ccc(C(=O)NCc2cc(Br)cs2)c(F)c1. The van der Waals surface area contributed by atoms with E-state index in [0.29, 0.717) is 12.1 Å². The molecule has 0 unspecified atom stereocenters.